The van der Waals surface area contributed by atoms with E-state index < -0.39 is 17.8 Å². The van der Waals surface area contributed by atoms with Gasteiger partial charge < -0.3 is 24.6 Å². The van der Waals surface area contributed by atoms with Crippen LogP contribution in [0.1, 0.15) is 56.5 Å². The number of aryl methyl sites for hydroxylation is 1. The van der Waals surface area contributed by atoms with Crippen LogP contribution in [0.2, 0.25) is 0 Å². The second-order valence-corrected chi connectivity index (χ2v) is 6.39. The summed E-state index contributed by atoms with van der Waals surface area (Å²) in [7, 11) is 0. The molecule has 12 heteroatoms. The SMILES string of the molecule is Cc1oc(=O)oc1COC(=O)C(N)CCCCNC(=O)CCCCCON(O)O. The lowest BCUT2D eigenvalue weighted by molar-refractivity contribution is -0.492. The molecule has 0 fully saturated rings. The van der Waals surface area contributed by atoms with E-state index in [-0.39, 0.29) is 36.0 Å². The van der Waals surface area contributed by atoms with Crippen LogP contribution < -0.4 is 16.9 Å². The lowest BCUT2D eigenvalue weighted by atomic mass is 10.1. The number of hydrogen-bond donors (Lipinski definition) is 4. The molecule has 0 aliphatic carbocycles. The molecule has 0 radical (unpaired) electrons. The van der Waals surface area contributed by atoms with E-state index in [4.69, 9.17) is 25.3 Å². The van der Waals surface area contributed by atoms with E-state index in [0.717, 1.165) is 6.42 Å². The fraction of sp³-hybridized carbons (Fsp3) is 0.706. The molecule has 0 saturated carbocycles. The third kappa shape index (κ3) is 11.4. The maximum absolute atomic E-state index is 11.8. The normalized spacial score (nSPS) is 12.2. The first kappa shape index (κ1) is 24.8. The molecule has 1 aromatic rings. The van der Waals surface area contributed by atoms with E-state index in [1.165, 1.54) is 6.92 Å². The number of carbonyl (C=O) groups excluding carboxylic acids is 2. The predicted molar refractivity (Wildman–Crippen MR) is 96.4 cm³/mol. The van der Waals surface area contributed by atoms with Gasteiger partial charge in [-0.3, -0.25) is 24.8 Å². The van der Waals surface area contributed by atoms with Crippen LogP contribution >= 0.6 is 0 Å². The average molecular weight is 419 g/mol. The molecule has 166 valence electrons. The smallest absolute Gasteiger partial charge is 0.456 e. The van der Waals surface area contributed by atoms with Gasteiger partial charge in [0.15, 0.2) is 18.1 Å². The molecule has 1 unspecified atom stereocenters. The van der Waals surface area contributed by atoms with Crippen LogP contribution in [0.25, 0.3) is 0 Å². The van der Waals surface area contributed by atoms with Crippen LogP contribution in [0.5, 0.6) is 0 Å². The second-order valence-electron chi connectivity index (χ2n) is 6.39. The van der Waals surface area contributed by atoms with Gasteiger partial charge in [-0.05, 0) is 39.0 Å². The number of nitrogens with zero attached hydrogens (tertiary/aromatic N) is 1. The Morgan fingerprint density at radius 2 is 1.93 bits per heavy atom. The fourth-order valence-electron chi connectivity index (χ4n) is 2.38. The van der Waals surface area contributed by atoms with Gasteiger partial charge in [0.05, 0.1) is 12.0 Å². The van der Waals surface area contributed by atoms with E-state index in [2.05, 4.69) is 14.6 Å². The van der Waals surface area contributed by atoms with Gasteiger partial charge in [-0.2, -0.15) is 0 Å². The zero-order valence-electron chi connectivity index (χ0n) is 16.4. The van der Waals surface area contributed by atoms with Crippen LogP contribution in [-0.4, -0.2) is 46.9 Å². The van der Waals surface area contributed by atoms with Crippen molar-refractivity contribution in [2.24, 2.45) is 5.73 Å². The number of unbranched alkanes of at least 4 members (excludes halogenated alkanes) is 3. The molecule has 1 heterocycles. The summed E-state index contributed by atoms with van der Waals surface area (Å²) in [5.41, 5.74) is 5.77. The number of rotatable bonds is 15. The Labute approximate surface area is 167 Å². The molecule has 0 saturated heterocycles. The maximum atomic E-state index is 11.8. The molecular weight excluding hydrogens is 390 g/mol. The quantitative estimate of drug-likeness (QED) is 0.179. The fourth-order valence-corrected chi connectivity index (χ4v) is 2.38. The summed E-state index contributed by atoms with van der Waals surface area (Å²) in [6.07, 6.45) is 4.06. The molecule has 0 aliphatic rings. The standard InChI is InChI=1S/C17H29N3O9/c1-12-14(29-17(23)28-12)11-26-16(22)13(18)7-4-5-9-19-15(21)8-3-2-6-10-27-20(24)25/h13,24-25H,2-11,18H2,1H3,(H,19,21). The van der Waals surface area contributed by atoms with Crippen molar-refractivity contribution in [3.8, 4) is 0 Å². The molecule has 0 aliphatic heterocycles. The molecule has 12 nitrogen and oxygen atoms in total. The minimum Gasteiger partial charge on any atom is -0.456 e. The van der Waals surface area contributed by atoms with Crippen LogP contribution in [0, 0.1) is 6.92 Å². The minimum atomic E-state index is -0.853. The Hall–Kier alpha value is -2.25. The highest BCUT2D eigenvalue weighted by atomic mass is 17.1. The lowest BCUT2D eigenvalue weighted by Gasteiger charge is -2.11. The Morgan fingerprint density at radius 3 is 2.59 bits per heavy atom. The number of nitrogens with two attached hydrogens (primary N) is 1. The van der Waals surface area contributed by atoms with Crippen molar-refractivity contribution in [3.05, 3.63) is 22.1 Å². The van der Waals surface area contributed by atoms with Gasteiger partial charge in [0.25, 0.3) is 0 Å². The number of carbonyl (C=O) groups is 2. The molecule has 0 aromatic carbocycles. The zero-order chi connectivity index (χ0) is 21.6. The van der Waals surface area contributed by atoms with Crippen molar-refractivity contribution in [3.63, 3.8) is 0 Å². The monoisotopic (exact) mass is 419 g/mol. The largest absolute Gasteiger partial charge is 0.519 e. The number of amides is 1. The molecule has 0 bridgehead atoms. The van der Waals surface area contributed by atoms with E-state index >= 15 is 0 Å². The summed E-state index contributed by atoms with van der Waals surface area (Å²) < 4.78 is 14.4. The molecule has 1 aromatic heterocycles. The number of esters is 1. The van der Waals surface area contributed by atoms with E-state index in [1.54, 1.807) is 0 Å². The van der Waals surface area contributed by atoms with Crippen molar-refractivity contribution in [1.82, 2.24) is 10.7 Å². The predicted octanol–water partition coefficient (Wildman–Crippen LogP) is 0.771. The van der Waals surface area contributed by atoms with E-state index in [1.807, 2.05) is 0 Å². The topological polar surface area (TPSA) is 178 Å². The van der Waals surface area contributed by atoms with Gasteiger partial charge in [-0.25, -0.2) is 4.79 Å². The van der Waals surface area contributed by atoms with Crippen LogP contribution in [0.3, 0.4) is 0 Å². The van der Waals surface area contributed by atoms with Crippen LogP contribution in [0.15, 0.2) is 13.6 Å². The van der Waals surface area contributed by atoms with Gasteiger partial charge in [0.2, 0.25) is 5.91 Å². The first-order valence-corrected chi connectivity index (χ1v) is 9.38. The van der Waals surface area contributed by atoms with Gasteiger partial charge in [-0.15, -0.1) is 0 Å². The van der Waals surface area contributed by atoms with Crippen molar-refractivity contribution in [2.45, 2.75) is 64.5 Å². The highest BCUT2D eigenvalue weighted by Gasteiger charge is 2.17. The van der Waals surface area contributed by atoms with Gasteiger partial charge in [0, 0.05) is 13.0 Å². The highest BCUT2D eigenvalue weighted by Crippen LogP contribution is 2.08. The third-order valence-electron chi connectivity index (χ3n) is 4.00. The van der Waals surface area contributed by atoms with Gasteiger partial charge >= 0.3 is 11.8 Å². The molecule has 5 N–H and O–H groups in total. The van der Waals surface area contributed by atoms with Crippen molar-refractivity contribution in [2.75, 3.05) is 13.2 Å². The molecule has 1 rings (SSSR count). The Kier molecular flexibility index (Phi) is 11.8. The number of ether oxygens (including phenoxy) is 1. The van der Waals surface area contributed by atoms with E-state index in [0.29, 0.717) is 45.1 Å². The summed E-state index contributed by atoms with van der Waals surface area (Å²) in [6, 6.07) is -0.805. The van der Waals surface area contributed by atoms with Crippen LogP contribution in [0.4, 0.5) is 0 Å². The van der Waals surface area contributed by atoms with Gasteiger partial charge in [-0.1, -0.05) is 6.42 Å². The van der Waals surface area contributed by atoms with Crippen molar-refractivity contribution >= 4 is 11.9 Å². The van der Waals surface area contributed by atoms with E-state index in [9.17, 15) is 14.4 Å². The molecule has 29 heavy (non-hydrogen) atoms. The summed E-state index contributed by atoms with van der Waals surface area (Å²) in [5, 5.41) is 19.1. The summed E-state index contributed by atoms with van der Waals surface area (Å²) >= 11 is 0. The number of hydrogen-bond acceptors (Lipinski definition) is 11. The average Bonchev–Trinajstić information content (AvgIpc) is 2.98. The molecular formula is C17H29N3O9. The molecule has 1 amide bonds. The summed E-state index contributed by atoms with van der Waals surface area (Å²) in [6.45, 7) is 1.95. The second kappa shape index (κ2) is 13.8. The summed E-state index contributed by atoms with van der Waals surface area (Å²) in [5.74, 6) is -1.13. The third-order valence-corrected chi connectivity index (χ3v) is 4.00. The lowest BCUT2D eigenvalue weighted by Crippen LogP contribution is -2.32. The van der Waals surface area contributed by atoms with Crippen molar-refractivity contribution in [1.29, 1.82) is 0 Å². The zero-order valence-corrected chi connectivity index (χ0v) is 16.4. The van der Waals surface area contributed by atoms with Crippen molar-refractivity contribution < 1.29 is 38.4 Å². The number of nitrogens with one attached hydrogen (secondary N) is 1. The first-order valence-electron chi connectivity index (χ1n) is 9.38. The highest BCUT2D eigenvalue weighted by molar-refractivity contribution is 5.76. The van der Waals surface area contributed by atoms with Crippen LogP contribution in [-0.2, 0) is 25.8 Å². The Bertz CT molecular complexity index is 671. The Morgan fingerprint density at radius 1 is 1.17 bits per heavy atom. The minimum absolute atomic E-state index is 0.0717. The Balaban J connectivity index is 2.02. The summed E-state index contributed by atoms with van der Waals surface area (Å²) in [4.78, 5) is 38.8. The maximum Gasteiger partial charge on any atom is 0.519 e. The molecule has 1 atom stereocenters. The first-order chi connectivity index (χ1) is 13.8. The van der Waals surface area contributed by atoms with Gasteiger partial charge in [0.1, 0.15) is 6.04 Å². The molecule has 0 spiro atoms.